The van der Waals surface area contributed by atoms with Crippen molar-refractivity contribution in [3.63, 3.8) is 0 Å². The molecule has 0 saturated heterocycles. The maximum absolute atomic E-state index is 5.29. The van der Waals surface area contributed by atoms with Crippen LogP contribution in [-0.2, 0) is 0 Å². The van der Waals surface area contributed by atoms with Crippen LogP contribution in [-0.4, -0.2) is 14.5 Å². The Morgan fingerprint density at radius 2 is 1.48 bits per heavy atom. The topological polar surface area (TPSA) is 30.7 Å². The fourth-order valence-electron chi connectivity index (χ4n) is 6.57. The molecule has 0 amide bonds. The first kappa shape index (κ1) is 33.8. The molecular weight excluding hydrogens is 607 g/mol. The Hall–Kier alpha value is -6.06. The number of benzene rings is 3. The van der Waals surface area contributed by atoms with Gasteiger partial charge in [0.15, 0.2) is 0 Å². The minimum atomic E-state index is 0.583. The molecule has 3 heterocycles. The molecule has 7 rings (SSSR count). The van der Waals surface area contributed by atoms with Gasteiger partial charge in [-0.15, -0.1) is 0 Å². The van der Waals surface area contributed by atoms with Crippen LogP contribution in [0.2, 0.25) is 0 Å². The van der Waals surface area contributed by atoms with E-state index in [9.17, 15) is 0 Å². The Labute approximate surface area is 295 Å². The van der Waals surface area contributed by atoms with Crippen molar-refractivity contribution in [2.45, 2.75) is 27.7 Å². The van der Waals surface area contributed by atoms with E-state index in [2.05, 4.69) is 153 Å². The van der Waals surface area contributed by atoms with E-state index in [4.69, 9.17) is 4.98 Å². The average molecular weight is 650 g/mol. The molecule has 0 aliphatic heterocycles. The normalized spacial score (nSPS) is 14.3. The van der Waals surface area contributed by atoms with Gasteiger partial charge in [-0.25, -0.2) is 4.98 Å². The summed E-state index contributed by atoms with van der Waals surface area (Å²) in [7, 11) is 0. The number of fused-ring (bicyclic) bond motifs is 4. The highest BCUT2D eigenvalue weighted by molar-refractivity contribution is 6.11. The Morgan fingerprint density at radius 3 is 2.14 bits per heavy atom. The van der Waals surface area contributed by atoms with E-state index in [-0.39, 0.29) is 0 Å². The molecule has 3 aromatic carbocycles. The van der Waals surface area contributed by atoms with Crippen LogP contribution in [0.1, 0.15) is 38.8 Å². The van der Waals surface area contributed by atoms with Gasteiger partial charge in [0.1, 0.15) is 0 Å². The molecule has 3 nitrogen and oxygen atoms in total. The Morgan fingerprint density at radius 1 is 0.800 bits per heavy atom. The molecule has 1 aliphatic rings. The zero-order valence-electron chi connectivity index (χ0n) is 29.4. The first-order valence-corrected chi connectivity index (χ1v) is 17.0. The molecule has 0 N–H and O–H groups in total. The summed E-state index contributed by atoms with van der Waals surface area (Å²) >= 11 is 0. The lowest BCUT2D eigenvalue weighted by Crippen LogP contribution is -2.20. The largest absolute Gasteiger partial charge is 0.314 e. The summed E-state index contributed by atoms with van der Waals surface area (Å²) in [5, 5.41) is 4.83. The predicted molar refractivity (Wildman–Crippen MR) is 216 cm³/mol. The van der Waals surface area contributed by atoms with Gasteiger partial charge in [-0.2, -0.15) is 0 Å². The molecule has 0 fully saturated rings. The molecule has 1 atom stereocenters. The molecule has 0 saturated carbocycles. The monoisotopic (exact) mass is 649 g/mol. The van der Waals surface area contributed by atoms with Gasteiger partial charge in [-0.1, -0.05) is 135 Å². The fraction of sp³-hybridized carbons (Fsp3) is 0.106. The van der Waals surface area contributed by atoms with Crippen LogP contribution < -0.4 is 10.4 Å². The van der Waals surface area contributed by atoms with Crippen LogP contribution >= 0.6 is 0 Å². The molecule has 6 aromatic rings. The molecule has 0 bridgehead atoms. The van der Waals surface area contributed by atoms with E-state index in [0.29, 0.717) is 5.92 Å². The summed E-state index contributed by atoms with van der Waals surface area (Å²) in [5.41, 5.74) is 11.6. The smallest absolute Gasteiger partial charge is 0.0962 e. The highest BCUT2D eigenvalue weighted by atomic mass is 15.0. The fourth-order valence-corrected chi connectivity index (χ4v) is 6.57. The zero-order valence-corrected chi connectivity index (χ0v) is 29.4. The minimum Gasteiger partial charge on any atom is -0.314 e. The van der Waals surface area contributed by atoms with Crippen molar-refractivity contribution in [2.75, 3.05) is 0 Å². The third-order valence-corrected chi connectivity index (χ3v) is 9.00. The van der Waals surface area contributed by atoms with Crippen molar-refractivity contribution in [3.8, 4) is 16.9 Å². The van der Waals surface area contributed by atoms with Gasteiger partial charge in [0.2, 0.25) is 0 Å². The van der Waals surface area contributed by atoms with E-state index in [1.54, 1.807) is 0 Å². The van der Waals surface area contributed by atoms with E-state index in [0.717, 1.165) is 72.2 Å². The van der Waals surface area contributed by atoms with Crippen molar-refractivity contribution in [1.29, 1.82) is 0 Å². The highest BCUT2D eigenvalue weighted by Crippen LogP contribution is 2.38. The van der Waals surface area contributed by atoms with E-state index in [1.807, 2.05) is 49.7 Å². The van der Waals surface area contributed by atoms with Gasteiger partial charge < -0.3 is 4.57 Å². The second-order valence-electron chi connectivity index (χ2n) is 12.7. The average Bonchev–Trinajstić information content (AvgIpc) is 3.74. The van der Waals surface area contributed by atoms with Gasteiger partial charge in [0.25, 0.3) is 0 Å². The van der Waals surface area contributed by atoms with Gasteiger partial charge >= 0.3 is 0 Å². The van der Waals surface area contributed by atoms with Crippen LogP contribution in [0.4, 0.5) is 0 Å². The lowest BCUT2D eigenvalue weighted by atomic mass is 9.96. The van der Waals surface area contributed by atoms with Gasteiger partial charge in [-0.05, 0) is 83.7 Å². The van der Waals surface area contributed by atoms with E-state index in [1.165, 1.54) is 10.4 Å². The first-order valence-electron chi connectivity index (χ1n) is 17.0. The molecule has 3 aromatic heterocycles. The molecule has 0 radical (unpaired) electrons. The second kappa shape index (κ2) is 15.0. The summed E-state index contributed by atoms with van der Waals surface area (Å²) in [6.07, 6.45) is 20.5. The van der Waals surface area contributed by atoms with E-state index < -0.39 is 0 Å². The predicted octanol–water partition coefficient (Wildman–Crippen LogP) is 10.8. The number of para-hydroxylation sites is 1. The van der Waals surface area contributed by atoms with E-state index >= 15 is 0 Å². The lowest BCUT2D eigenvalue weighted by Gasteiger charge is -2.13. The molecule has 1 unspecified atom stereocenters. The lowest BCUT2D eigenvalue weighted by molar-refractivity contribution is 1.07. The van der Waals surface area contributed by atoms with Crippen molar-refractivity contribution >= 4 is 45.1 Å². The highest BCUT2D eigenvalue weighted by Gasteiger charge is 2.18. The summed E-state index contributed by atoms with van der Waals surface area (Å²) in [5.74, 6) is 0.583. The number of aromatic nitrogens is 3. The molecule has 50 heavy (non-hydrogen) atoms. The van der Waals surface area contributed by atoms with Crippen LogP contribution in [0.15, 0.2) is 165 Å². The molecule has 0 spiro atoms. The van der Waals surface area contributed by atoms with Gasteiger partial charge in [0.05, 0.1) is 16.7 Å². The number of pyridine rings is 2. The second-order valence-corrected chi connectivity index (χ2v) is 12.7. The van der Waals surface area contributed by atoms with Gasteiger partial charge in [-0.3, -0.25) is 4.98 Å². The zero-order chi connectivity index (χ0) is 35.2. The number of hydrogen-bond donors (Lipinski definition) is 0. The number of rotatable bonds is 8. The molecule has 246 valence electrons. The quantitative estimate of drug-likeness (QED) is 0.154. The summed E-state index contributed by atoms with van der Waals surface area (Å²) in [6, 6.07) is 29.4. The standard InChI is InChI=1S/C38H34N2.C9H9N/c1-7-16-28(8-2)29(9-3)23-27(6)35-25-40(31-19-14-11-15-20-31)38-33(35)22-21-32-34(26(4)5)24-36(39-37(32)38)30-17-12-10-13-18-30;1-7-4-8-2-3-10-6-9(8)5-7/h7-25H,2-4H2,1,5-6H3;2-7H,1H3/b16-7-,27-23+,29-28+;. The van der Waals surface area contributed by atoms with Gasteiger partial charge in [0, 0.05) is 46.2 Å². The number of allylic oxidation sites excluding steroid dienone is 9. The third-order valence-electron chi connectivity index (χ3n) is 9.00. The first-order chi connectivity index (χ1) is 24.3. The van der Waals surface area contributed by atoms with Crippen molar-refractivity contribution in [2.24, 2.45) is 5.92 Å². The van der Waals surface area contributed by atoms with Crippen LogP contribution in [0.3, 0.4) is 0 Å². The molecule has 1 aliphatic carbocycles. The molecular formula is C47H43N3. The summed E-state index contributed by atoms with van der Waals surface area (Å²) in [4.78, 5) is 9.33. The van der Waals surface area contributed by atoms with Crippen molar-refractivity contribution in [3.05, 3.63) is 186 Å². The summed E-state index contributed by atoms with van der Waals surface area (Å²) in [6.45, 7) is 20.8. The van der Waals surface area contributed by atoms with Crippen LogP contribution in [0, 0.1) is 5.92 Å². The third kappa shape index (κ3) is 6.90. The number of nitrogens with zero attached hydrogens (tertiary/aromatic N) is 3. The Bertz CT molecular complexity index is 2420. The van der Waals surface area contributed by atoms with Crippen molar-refractivity contribution < 1.29 is 0 Å². The number of hydrogen-bond acceptors (Lipinski definition) is 2. The molecule has 3 heteroatoms. The summed E-state index contributed by atoms with van der Waals surface area (Å²) < 4.78 is 2.27. The maximum atomic E-state index is 5.29. The Kier molecular flexibility index (Phi) is 10.2. The van der Waals surface area contributed by atoms with Crippen LogP contribution in [0.25, 0.3) is 62.0 Å². The SMILES string of the molecule is C=CC(/C=C\C)=C(C=C)\C=C(/C)c1cn(-c2ccccc2)c2c1ccc1c(C(=C)C)cc(-c3ccccc3)nc12.CC1C=c2ccncc2=C1. The van der Waals surface area contributed by atoms with Crippen molar-refractivity contribution in [1.82, 2.24) is 14.5 Å². The maximum Gasteiger partial charge on any atom is 0.0962 e. The Balaban J connectivity index is 0.000000367. The minimum absolute atomic E-state index is 0.583. The van der Waals surface area contributed by atoms with Crippen LogP contribution in [0.5, 0.6) is 0 Å².